The van der Waals surface area contributed by atoms with Gasteiger partial charge in [-0.05, 0) is 51.2 Å². The summed E-state index contributed by atoms with van der Waals surface area (Å²) in [6.07, 6.45) is 7.15. The highest BCUT2D eigenvalue weighted by Gasteiger charge is 2.13. The van der Waals surface area contributed by atoms with E-state index < -0.39 is 0 Å². The molecule has 0 bridgehead atoms. The normalized spacial score (nSPS) is 17.8. The van der Waals surface area contributed by atoms with Gasteiger partial charge in [0.15, 0.2) is 0 Å². The summed E-state index contributed by atoms with van der Waals surface area (Å²) in [5, 5.41) is 3.60. The standard InChI is InChI=1S/C14H30N2/c1-13(2)8-10-16(3)11-9-15-12-14-6-4-5-7-14/h13-15H,4-12H2,1-3H3. The van der Waals surface area contributed by atoms with E-state index >= 15 is 0 Å². The minimum Gasteiger partial charge on any atom is -0.315 e. The average Bonchev–Trinajstić information content (AvgIpc) is 2.74. The van der Waals surface area contributed by atoms with Crippen LogP contribution in [0.3, 0.4) is 0 Å². The molecule has 0 saturated heterocycles. The van der Waals surface area contributed by atoms with Crippen LogP contribution in [0.4, 0.5) is 0 Å². The third kappa shape index (κ3) is 6.49. The Kier molecular flexibility index (Phi) is 7.06. The van der Waals surface area contributed by atoms with Gasteiger partial charge >= 0.3 is 0 Å². The van der Waals surface area contributed by atoms with Gasteiger partial charge in [0, 0.05) is 13.1 Å². The van der Waals surface area contributed by atoms with Gasteiger partial charge < -0.3 is 10.2 Å². The van der Waals surface area contributed by atoms with Gasteiger partial charge in [-0.15, -0.1) is 0 Å². The summed E-state index contributed by atoms with van der Waals surface area (Å²) in [5.74, 6) is 1.80. The summed E-state index contributed by atoms with van der Waals surface area (Å²) >= 11 is 0. The topological polar surface area (TPSA) is 15.3 Å². The summed E-state index contributed by atoms with van der Waals surface area (Å²) in [6.45, 7) is 9.43. The Morgan fingerprint density at radius 1 is 1.19 bits per heavy atom. The Morgan fingerprint density at radius 3 is 2.50 bits per heavy atom. The molecule has 1 fully saturated rings. The van der Waals surface area contributed by atoms with Crippen LogP contribution in [0.2, 0.25) is 0 Å². The van der Waals surface area contributed by atoms with Crippen LogP contribution in [0.1, 0.15) is 46.0 Å². The van der Waals surface area contributed by atoms with Crippen LogP contribution < -0.4 is 5.32 Å². The Bertz CT molecular complexity index is 162. The molecule has 0 spiro atoms. The van der Waals surface area contributed by atoms with Crippen LogP contribution in [0.5, 0.6) is 0 Å². The summed E-state index contributed by atoms with van der Waals surface area (Å²) in [6, 6.07) is 0. The maximum absolute atomic E-state index is 3.60. The number of nitrogens with one attached hydrogen (secondary N) is 1. The zero-order valence-electron chi connectivity index (χ0n) is 11.5. The fraction of sp³-hybridized carbons (Fsp3) is 1.00. The van der Waals surface area contributed by atoms with Gasteiger partial charge in [0.1, 0.15) is 0 Å². The molecule has 0 amide bonds. The number of hydrogen-bond acceptors (Lipinski definition) is 2. The summed E-state index contributed by atoms with van der Waals surface area (Å²) in [7, 11) is 2.24. The zero-order chi connectivity index (χ0) is 11.8. The lowest BCUT2D eigenvalue weighted by Gasteiger charge is -2.18. The Labute approximate surface area is 102 Å². The highest BCUT2D eigenvalue weighted by molar-refractivity contribution is 4.69. The van der Waals surface area contributed by atoms with Crippen molar-refractivity contribution in [3.63, 3.8) is 0 Å². The maximum Gasteiger partial charge on any atom is 0.0104 e. The molecule has 0 radical (unpaired) electrons. The van der Waals surface area contributed by atoms with Gasteiger partial charge in [-0.2, -0.15) is 0 Å². The van der Waals surface area contributed by atoms with Crippen molar-refractivity contribution in [2.24, 2.45) is 11.8 Å². The van der Waals surface area contributed by atoms with Crippen LogP contribution in [-0.4, -0.2) is 38.1 Å². The fourth-order valence-corrected chi connectivity index (χ4v) is 2.38. The average molecular weight is 226 g/mol. The molecule has 96 valence electrons. The van der Waals surface area contributed by atoms with E-state index in [1.165, 1.54) is 51.7 Å². The van der Waals surface area contributed by atoms with Crippen LogP contribution >= 0.6 is 0 Å². The number of likely N-dealkylation sites (N-methyl/N-ethyl adjacent to an activating group) is 1. The van der Waals surface area contributed by atoms with Gasteiger partial charge in [0.05, 0.1) is 0 Å². The van der Waals surface area contributed by atoms with Crippen molar-refractivity contribution in [2.45, 2.75) is 46.0 Å². The molecular formula is C14H30N2. The molecule has 0 atom stereocenters. The Hall–Kier alpha value is -0.0800. The number of hydrogen-bond donors (Lipinski definition) is 1. The molecular weight excluding hydrogens is 196 g/mol. The predicted octanol–water partition coefficient (Wildman–Crippen LogP) is 2.74. The lowest BCUT2D eigenvalue weighted by Crippen LogP contribution is -2.32. The van der Waals surface area contributed by atoms with Crippen molar-refractivity contribution in [2.75, 3.05) is 33.2 Å². The van der Waals surface area contributed by atoms with Gasteiger partial charge in [-0.3, -0.25) is 0 Å². The van der Waals surface area contributed by atoms with Gasteiger partial charge in [-0.1, -0.05) is 26.7 Å². The van der Waals surface area contributed by atoms with Gasteiger partial charge in [0.2, 0.25) is 0 Å². The van der Waals surface area contributed by atoms with Crippen molar-refractivity contribution in [1.82, 2.24) is 10.2 Å². The Balaban J connectivity index is 1.89. The molecule has 1 N–H and O–H groups in total. The highest BCUT2D eigenvalue weighted by atomic mass is 15.1. The quantitative estimate of drug-likeness (QED) is 0.640. The molecule has 0 aromatic carbocycles. The van der Waals surface area contributed by atoms with E-state index in [0.717, 1.165) is 18.4 Å². The summed E-state index contributed by atoms with van der Waals surface area (Å²) in [5.41, 5.74) is 0. The first-order chi connectivity index (χ1) is 7.68. The monoisotopic (exact) mass is 226 g/mol. The third-order valence-corrected chi connectivity index (χ3v) is 3.67. The summed E-state index contributed by atoms with van der Waals surface area (Å²) < 4.78 is 0. The van der Waals surface area contributed by atoms with E-state index in [1.54, 1.807) is 0 Å². The van der Waals surface area contributed by atoms with Gasteiger partial charge in [-0.25, -0.2) is 0 Å². The lowest BCUT2D eigenvalue weighted by molar-refractivity contribution is 0.305. The van der Waals surface area contributed by atoms with E-state index in [-0.39, 0.29) is 0 Å². The number of rotatable bonds is 8. The molecule has 1 aliphatic carbocycles. The molecule has 16 heavy (non-hydrogen) atoms. The van der Waals surface area contributed by atoms with Crippen LogP contribution in [0.15, 0.2) is 0 Å². The van der Waals surface area contributed by atoms with Crippen LogP contribution in [0.25, 0.3) is 0 Å². The second-order valence-corrected chi connectivity index (χ2v) is 5.84. The van der Waals surface area contributed by atoms with Crippen LogP contribution in [0, 0.1) is 11.8 Å². The van der Waals surface area contributed by atoms with E-state index in [4.69, 9.17) is 0 Å². The SMILES string of the molecule is CC(C)CCN(C)CCNCC1CCCC1. The second kappa shape index (κ2) is 8.08. The maximum atomic E-state index is 3.60. The molecule has 2 heteroatoms. The highest BCUT2D eigenvalue weighted by Crippen LogP contribution is 2.23. The van der Waals surface area contributed by atoms with Crippen LogP contribution in [-0.2, 0) is 0 Å². The first kappa shape index (κ1) is 14.0. The van der Waals surface area contributed by atoms with E-state index in [1.807, 2.05) is 0 Å². The minimum absolute atomic E-state index is 0.828. The van der Waals surface area contributed by atoms with E-state index in [9.17, 15) is 0 Å². The van der Waals surface area contributed by atoms with Crippen molar-refractivity contribution in [3.8, 4) is 0 Å². The molecule has 0 aromatic heterocycles. The van der Waals surface area contributed by atoms with Crippen molar-refractivity contribution >= 4 is 0 Å². The molecule has 0 aromatic rings. The predicted molar refractivity (Wildman–Crippen MR) is 71.8 cm³/mol. The molecule has 0 heterocycles. The van der Waals surface area contributed by atoms with E-state index in [0.29, 0.717) is 0 Å². The van der Waals surface area contributed by atoms with Crippen molar-refractivity contribution < 1.29 is 0 Å². The van der Waals surface area contributed by atoms with Crippen molar-refractivity contribution in [1.29, 1.82) is 0 Å². The smallest absolute Gasteiger partial charge is 0.0104 e. The molecule has 1 aliphatic rings. The Morgan fingerprint density at radius 2 is 1.88 bits per heavy atom. The second-order valence-electron chi connectivity index (χ2n) is 5.84. The molecule has 0 aliphatic heterocycles. The molecule has 1 saturated carbocycles. The van der Waals surface area contributed by atoms with Crippen molar-refractivity contribution in [3.05, 3.63) is 0 Å². The summed E-state index contributed by atoms with van der Waals surface area (Å²) in [4.78, 5) is 2.45. The zero-order valence-corrected chi connectivity index (χ0v) is 11.5. The lowest BCUT2D eigenvalue weighted by atomic mass is 10.1. The first-order valence-electron chi connectivity index (χ1n) is 7.07. The number of nitrogens with zero attached hydrogens (tertiary/aromatic N) is 1. The first-order valence-corrected chi connectivity index (χ1v) is 7.07. The molecule has 0 unspecified atom stereocenters. The fourth-order valence-electron chi connectivity index (χ4n) is 2.38. The third-order valence-electron chi connectivity index (χ3n) is 3.67. The molecule has 1 rings (SSSR count). The largest absolute Gasteiger partial charge is 0.315 e. The minimum atomic E-state index is 0.828. The molecule has 2 nitrogen and oxygen atoms in total. The van der Waals surface area contributed by atoms with E-state index in [2.05, 4.69) is 31.1 Å². The van der Waals surface area contributed by atoms with Gasteiger partial charge in [0.25, 0.3) is 0 Å².